The highest BCUT2D eigenvalue weighted by Gasteiger charge is 2.30. The molecule has 0 unspecified atom stereocenters. The van der Waals surface area contributed by atoms with Crippen LogP contribution in [-0.2, 0) is 16.6 Å². The fourth-order valence-electron chi connectivity index (χ4n) is 4.16. The second-order valence-electron chi connectivity index (χ2n) is 7.87. The molecule has 174 valence electrons. The Bertz CT molecular complexity index is 1110. The maximum Gasteiger partial charge on any atom is 0.254 e. The summed E-state index contributed by atoms with van der Waals surface area (Å²) in [5.41, 5.74) is 2.24. The smallest absolute Gasteiger partial charge is 0.254 e. The van der Waals surface area contributed by atoms with E-state index in [1.807, 2.05) is 18.2 Å². The van der Waals surface area contributed by atoms with Gasteiger partial charge in [-0.25, -0.2) is 13.6 Å². The van der Waals surface area contributed by atoms with Crippen LogP contribution in [0.4, 0.5) is 5.69 Å². The van der Waals surface area contributed by atoms with Crippen LogP contribution in [0.5, 0.6) is 0 Å². The molecule has 1 fully saturated rings. The SMILES string of the molecule is Cl.NS(=O)(=O)c1cc2c(cc1Cl)CN(CCCN1CCN(c3cccc(Cl)c3)CC1)C2=O. The molecule has 0 aromatic heterocycles. The van der Waals surface area contributed by atoms with Crippen molar-refractivity contribution in [3.63, 3.8) is 0 Å². The number of primary sulfonamides is 1. The molecule has 0 saturated carbocycles. The van der Waals surface area contributed by atoms with E-state index in [-0.39, 0.29) is 28.2 Å². The molecular weight excluding hydrogens is 495 g/mol. The predicted octanol–water partition coefficient (Wildman–Crippen LogP) is 3.23. The minimum Gasteiger partial charge on any atom is -0.369 e. The van der Waals surface area contributed by atoms with Crippen molar-refractivity contribution >= 4 is 57.2 Å². The number of carbonyl (C=O) groups excluding carboxylic acids is 1. The summed E-state index contributed by atoms with van der Waals surface area (Å²) >= 11 is 12.1. The molecular formula is C21H25Cl3N4O3S. The van der Waals surface area contributed by atoms with Gasteiger partial charge in [0.15, 0.2) is 0 Å². The van der Waals surface area contributed by atoms with E-state index in [1.165, 1.54) is 12.1 Å². The first-order valence-electron chi connectivity index (χ1n) is 10.1. The van der Waals surface area contributed by atoms with Gasteiger partial charge >= 0.3 is 0 Å². The van der Waals surface area contributed by atoms with E-state index < -0.39 is 10.0 Å². The molecule has 2 aromatic rings. The molecule has 11 heteroatoms. The average Bonchev–Trinajstić information content (AvgIpc) is 3.02. The number of piperazine rings is 1. The summed E-state index contributed by atoms with van der Waals surface area (Å²) < 4.78 is 23.3. The Balaban J connectivity index is 0.00000289. The van der Waals surface area contributed by atoms with Crippen LogP contribution in [0.2, 0.25) is 10.0 Å². The van der Waals surface area contributed by atoms with E-state index in [4.69, 9.17) is 28.3 Å². The molecule has 0 aliphatic carbocycles. The summed E-state index contributed by atoms with van der Waals surface area (Å²) in [5, 5.41) is 5.99. The zero-order valence-corrected chi connectivity index (χ0v) is 20.5. The van der Waals surface area contributed by atoms with E-state index in [1.54, 1.807) is 4.90 Å². The van der Waals surface area contributed by atoms with Crippen LogP contribution in [0.25, 0.3) is 0 Å². The van der Waals surface area contributed by atoms with Crippen LogP contribution < -0.4 is 10.0 Å². The number of sulfonamides is 1. The normalized spacial score (nSPS) is 16.8. The van der Waals surface area contributed by atoms with E-state index in [2.05, 4.69) is 15.9 Å². The highest BCUT2D eigenvalue weighted by Crippen LogP contribution is 2.31. The molecule has 0 atom stereocenters. The minimum atomic E-state index is -3.98. The third-order valence-electron chi connectivity index (χ3n) is 5.79. The number of benzene rings is 2. The number of anilines is 1. The van der Waals surface area contributed by atoms with Gasteiger partial charge in [-0.3, -0.25) is 9.69 Å². The summed E-state index contributed by atoms with van der Waals surface area (Å²) in [5.74, 6) is -0.178. The van der Waals surface area contributed by atoms with E-state index >= 15 is 0 Å². The third-order valence-corrected chi connectivity index (χ3v) is 7.40. The van der Waals surface area contributed by atoms with Crippen molar-refractivity contribution in [2.24, 2.45) is 5.14 Å². The number of hydrogen-bond acceptors (Lipinski definition) is 5. The first kappa shape index (κ1) is 25.1. The molecule has 1 saturated heterocycles. The number of amides is 1. The molecule has 0 spiro atoms. The number of halogens is 3. The van der Waals surface area contributed by atoms with Gasteiger partial charge in [0.05, 0.1) is 5.02 Å². The van der Waals surface area contributed by atoms with Crippen LogP contribution in [-0.4, -0.2) is 63.4 Å². The molecule has 32 heavy (non-hydrogen) atoms. The lowest BCUT2D eigenvalue weighted by Crippen LogP contribution is -2.47. The van der Waals surface area contributed by atoms with Crippen molar-refractivity contribution in [3.8, 4) is 0 Å². The van der Waals surface area contributed by atoms with Crippen LogP contribution >= 0.6 is 35.6 Å². The Hall–Kier alpha value is -1.55. The number of fused-ring (bicyclic) bond motifs is 1. The summed E-state index contributed by atoms with van der Waals surface area (Å²) in [6, 6.07) is 10.7. The maximum absolute atomic E-state index is 12.7. The number of carbonyl (C=O) groups is 1. The second-order valence-corrected chi connectivity index (χ2v) is 10.2. The Kier molecular flexibility index (Phi) is 7.96. The molecule has 0 bridgehead atoms. The molecule has 2 heterocycles. The van der Waals surface area contributed by atoms with Crippen LogP contribution in [0.3, 0.4) is 0 Å². The Morgan fingerprint density at radius 3 is 2.38 bits per heavy atom. The highest BCUT2D eigenvalue weighted by molar-refractivity contribution is 7.89. The van der Waals surface area contributed by atoms with Gasteiger partial charge in [-0.1, -0.05) is 29.3 Å². The number of nitrogens with zero attached hydrogens (tertiary/aromatic N) is 3. The van der Waals surface area contributed by atoms with Crippen molar-refractivity contribution < 1.29 is 13.2 Å². The molecule has 2 aliphatic heterocycles. The summed E-state index contributed by atoms with van der Waals surface area (Å²) in [6.07, 6.45) is 0.840. The lowest BCUT2D eigenvalue weighted by molar-refractivity contribution is 0.0770. The van der Waals surface area contributed by atoms with Gasteiger partial charge in [-0.15, -0.1) is 12.4 Å². The van der Waals surface area contributed by atoms with Crippen molar-refractivity contribution in [3.05, 3.63) is 57.6 Å². The van der Waals surface area contributed by atoms with Crippen LogP contribution in [0.1, 0.15) is 22.3 Å². The summed E-state index contributed by atoms with van der Waals surface area (Å²) in [6.45, 7) is 5.70. The number of hydrogen-bond donors (Lipinski definition) is 1. The van der Waals surface area contributed by atoms with Gasteiger partial charge in [0, 0.05) is 55.5 Å². The number of nitrogens with two attached hydrogens (primary N) is 1. The molecule has 4 rings (SSSR count). The fraction of sp³-hybridized carbons (Fsp3) is 0.381. The van der Waals surface area contributed by atoms with Gasteiger partial charge in [0.1, 0.15) is 4.90 Å². The highest BCUT2D eigenvalue weighted by atomic mass is 35.5. The zero-order chi connectivity index (χ0) is 22.2. The molecule has 7 nitrogen and oxygen atoms in total. The molecule has 2 N–H and O–H groups in total. The minimum absolute atomic E-state index is 0. The van der Waals surface area contributed by atoms with Crippen LogP contribution in [0.15, 0.2) is 41.3 Å². The lowest BCUT2D eigenvalue weighted by Gasteiger charge is -2.36. The van der Waals surface area contributed by atoms with E-state index in [9.17, 15) is 13.2 Å². The monoisotopic (exact) mass is 518 g/mol. The zero-order valence-electron chi connectivity index (χ0n) is 17.3. The molecule has 0 radical (unpaired) electrons. The van der Waals surface area contributed by atoms with E-state index in [0.29, 0.717) is 18.7 Å². The summed E-state index contributed by atoms with van der Waals surface area (Å²) in [4.78, 5) is 19.0. The fourth-order valence-corrected chi connectivity index (χ4v) is 5.46. The Labute approximate surface area is 204 Å². The lowest BCUT2D eigenvalue weighted by atomic mass is 10.1. The van der Waals surface area contributed by atoms with Crippen molar-refractivity contribution in [2.45, 2.75) is 17.9 Å². The van der Waals surface area contributed by atoms with E-state index in [0.717, 1.165) is 55.4 Å². The maximum atomic E-state index is 12.7. The van der Waals surface area contributed by atoms with Crippen LogP contribution in [0, 0.1) is 0 Å². The quantitative estimate of drug-likeness (QED) is 0.633. The standard InChI is InChI=1S/C21H24Cl2N4O3S.ClH/c22-16-3-1-4-17(12-16)26-9-7-25(8-10-26)5-2-6-27-14-15-11-19(23)20(31(24,29)30)13-18(15)21(27)28;/h1,3-4,11-13H,2,5-10,14H2,(H2,24,29,30);1H. The average molecular weight is 520 g/mol. The Morgan fingerprint density at radius 2 is 1.72 bits per heavy atom. The first-order valence-corrected chi connectivity index (χ1v) is 12.4. The van der Waals surface area contributed by atoms with Crippen molar-refractivity contribution in [1.29, 1.82) is 0 Å². The Morgan fingerprint density at radius 1 is 1.00 bits per heavy atom. The summed E-state index contributed by atoms with van der Waals surface area (Å²) in [7, 11) is -3.98. The van der Waals surface area contributed by atoms with Gasteiger partial charge < -0.3 is 9.80 Å². The number of rotatable bonds is 6. The predicted molar refractivity (Wildman–Crippen MR) is 130 cm³/mol. The van der Waals surface area contributed by atoms with Crippen molar-refractivity contribution in [2.75, 3.05) is 44.2 Å². The molecule has 1 amide bonds. The van der Waals surface area contributed by atoms with Gasteiger partial charge in [0.2, 0.25) is 10.0 Å². The van der Waals surface area contributed by atoms with Crippen molar-refractivity contribution in [1.82, 2.24) is 9.80 Å². The molecule has 2 aromatic carbocycles. The second kappa shape index (κ2) is 10.2. The van der Waals surface area contributed by atoms with Gasteiger partial charge in [0.25, 0.3) is 5.91 Å². The molecule has 2 aliphatic rings. The topological polar surface area (TPSA) is 86.9 Å². The first-order chi connectivity index (χ1) is 14.7. The largest absolute Gasteiger partial charge is 0.369 e. The van der Waals surface area contributed by atoms with Gasteiger partial charge in [-0.05, 0) is 48.9 Å². The van der Waals surface area contributed by atoms with Gasteiger partial charge in [-0.2, -0.15) is 0 Å². The third kappa shape index (κ3) is 5.50.